The summed E-state index contributed by atoms with van der Waals surface area (Å²) in [7, 11) is 0. The Labute approximate surface area is 126 Å². The lowest BCUT2D eigenvalue weighted by Crippen LogP contribution is -2.47. The molecule has 0 fully saturated rings. The van der Waals surface area contributed by atoms with E-state index in [1.54, 1.807) is 0 Å². The Balaban J connectivity index is 2.03. The zero-order chi connectivity index (χ0) is 14.8. The van der Waals surface area contributed by atoms with Crippen LogP contribution in [0.3, 0.4) is 0 Å². The van der Waals surface area contributed by atoms with E-state index in [9.17, 15) is 0 Å². The number of hydrogen-bond donors (Lipinski definition) is 1. The molecule has 1 aliphatic heterocycles. The minimum Gasteiger partial charge on any atom is -0.281 e. The molecule has 0 saturated heterocycles. The zero-order valence-corrected chi connectivity index (χ0v) is 13.1. The van der Waals surface area contributed by atoms with Crippen LogP contribution in [0.15, 0.2) is 41.7 Å². The number of halogens is 1. The number of nitrogens with zero attached hydrogens (tertiary/aromatic N) is 2. The van der Waals surface area contributed by atoms with E-state index in [1.165, 1.54) is 5.56 Å². The van der Waals surface area contributed by atoms with Gasteiger partial charge in [0.1, 0.15) is 12.2 Å². The second kappa shape index (κ2) is 5.88. The molecule has 1 aromatic rings. The average Bonchev–Trinajstić information content (AvgIpc) is 2.77. The maximum absolute atomic E-state index is 5.92. The number of hydrazine groups is 1. The minimum atomic E-state index is 0.149. The first-order valence-electron chi connectivity index (χ1n) is 6.89. The molecular formula is C16H22ClN3. The normalized spacial score (nSPS) is 16.4. The summed E-state index contributed by atoms with van der Waals surface area (Å²) >= 11 is 5.92. The average molecular weight is 292 g/mol. The van der Waals surface area contributed by atoms with E-state index in [4.69, 9.17) is 11.6 Å². The van der Waals surface area contributed by atoms with Gasteiger partial charge in [-0.15, -0.1) is 0 Å². The molecule has 1 N–H and O–H groups in total. The largest absolute Gasteiger partial charge is 0.281 e. The van der Waals surface area contributed by atoms with Gasteiger partial charge in [0.15, 0.2) is 0 Å². The van der Waals surface area contributed by atoms with Gasteiger partial charge in [-0.1, -0.05) is 51.1 Å². The topological polar surface area (TPSA) is 27.6 Å². The lowest BCUT2D eigenvalue weighted by Gasteiger charge is -2.37. The highest BCUT2D eigenvalue weighted by atomic mass is 35.5. The summed E-state index contributed by atoms with van der Waals surface area (Å²) in [6.45, 7) is 10.6. The van der Waals surface area contributed by atoms with Crippen molar-refractivity contribution >= 4 is 17.9 Å². The van der Waals surface area contributed by atoms with Crippen LogP contribution in [0.25, 0.3) is 0 Å². The van der Waals surface area contributed by atoms with Crippen LogP contribution in [-0.2, 0) is 6.42 Å². The number of rotatable bonds is 4. The summed E-state index contributed by atoms with van der Waals surface area (Å²) in [6.07, 6.45) is 3.88. The number of hydrogen-bond acceptors (Lipinski definition) is 3. The Morgan fingerprint density at radius 2 is 1.95 bits per heavy atom. The van der Waals surface area contributed by atoms with E-state index >= 15 is 0 Å². The minimum absolute atomic E-state index is 0.149. The first-order chi connectivity index (χ1) is 9.36. The molecule has 2 rings (SSSR count). The van der Waals surface area contributed by atoms with E-state index < -0.39 is 0 Å². The zero-order valence-electron chi connectivity index (χ0n) is 12.4. The molecule has 0 radical (unpaired) electrons. The van der Waals surface area contributed by atoms with Crippen LogP contribution in [0, 0.1) is 5.41 Å². The van der Waals surface area contributed by atoms with E-state index in [0.717, 1.165) is 17.9 Å². The molecule has 20 heavy (non-hydrogen) atoms. The van der Waals surface area contributed by atoms with Crippen LogP contribution in [0.2, 0.25) is 5.02 Å². The number of nitrogens with one attached hydrogen (secondary N) is 1. The molecule has 4 heteroatoms. The summed E-state index contributed by atoms with van der Waals surface area (Å²) in [5, 5.41) is 2.85. The lowest BCUT2D eigenvalue weighted by molar-refractivity contribution is 0.137. The van der Waals surface area contributed by atoms with E-state index in [2.05, 4.69) is 54.9 Å². The third kappa shape index (κ3) is 3.76. The molecule has 1 aromatic carbocycles. The molecular weight excluding hydrogens is 270 g/mol. The van der Waals surface area contributed by atoms with Gasteiger partial charge < -0.3 is 0 Å². The Kier molecular flexibility index (Phi) is 4.39. The second-order valence-electron chi connectivity index (χ2n) is 6.26. The van der Waals surface area contributed by atoms with Gasteiger partial charge in [0, 0.05) is 5.02 Å². The van der Waals surface area contributed by atoms with Gasteiger partial charge in [-0.2, -0.15) is 0 Å². The summed E-state index contributed by atoms with van der Waals surface area (Å²) in [6, 6.07) is 8.42. The first-order valence-corrected chi connectivity index (χ1v) is 7.26. The van der Waals surface area contributed by atoms with Crippen molar-refractivity contribution in [3.63, 3.8) is 0 Å². The van der Waals surface area contributed by atoms with Crippen molar-refractivity contribution in [1.82, 2.24) is 10.4 Å². The fourth-order valence-electron chi connectivity index (χ4n) is 2.44. The highest BCUT2D eigenvalue weighted by Gasteiger charge is 2.30. The van der Waals surface area contributed by atoms with Crippen molar-refractivity contribution in [2.24, 2.45) is 10.4 Å². The van der Waals surface area contributed by atoms with Crippen molar-refractivity contribution in [3.05, 3.63) is 47.3 Å². The molecule has 1 heterocycles. The molecule has 0 spiro atoms. The van der Waals surface area contributed by atoms with Gasteiger partial charge in [0.2, 0.25) is 0 Å². The molecule has 0 bridgehead atoms. The Hall–Kier alpha value is -1.48. The third-order valence-electron chi connectivity index (χ3n) is 3.55. The van der Waals surface area contributed by atoms with E-state index in [1.807, 2.05) is 18.5 Å². The fraction of sp³-hybridized carbons (Fsp3) is 0.438. The first kappa shape index (κ1) is 14.9. The summed E-state index contributed by atoms with van der Waals surface area (Å²) in [5.41, 5.74) is 4.65. The molecule has 1 unspecified atom stereocenters. The van der Waals surface area contributed by atoms with Crippen LogP contribution in [0.1, 0.15) is 32.8 Å². The Morgan fingerprint density at radius 1 is 1.30 bits per heavy atom. The highest BCUT2D eigenvalue weighted by Crippen LogP contribution is 2.28. The number of aryl methyl sites for hydroxylation is 1. The second-order valence-corrected chi connectivity index (χ2v) is 6.69. The van der Waals surface area contributed by atoms with Crippen molar-refractivity contribution in [1.29, 1.82) is 0 Å². The molecule has 1 atom stereocenters. The van der Waals surface area contributed by atoms with E-state index in [0.29, 0.717) is 11.9 Å². The third-order valence-corrected chi connectivity index (χ3v) is 3.80. The molecule has 1 aliphatic rings. The van der Waals surface area contributed by atoms with Gasteiger partial charge in [-0.25, -0.2) is 4.99 Å². The number of benzene rings is 1. The molecule has 0 amide bonds. The van der Waals surface area contributed by atoms with Crippen LogP contribution in [0.4, 0.5) is 0 Å². The van der Waals surface area contributed by atoms with Gasteiger partial charge in [0.05, 0.1) is 6.04 Å². The molecule has 108 valence electrons. The predicted molar refractivity (Wildman–Crippen MR) is 85.6 cm³/mol. The molecule has 0 aromatic heterocycles. The molecule has 0 saturated carbocycles. The standard InChI is InChI=1S/C16H22ClN3/c1-12-18-11-20(19-12)15(16(2,3)4)10-7-13-5-8-14(17)9-6-13/h5-6,8-9,11,15,19H,1,7,10H2,2-4H3. The van der Waals surface area contributed by atoms with Crippen LogP contribution < -0.4 is 5.43 Å². The van der Waals surface area contributed by atoms with Gasteiger partial charge in [-0.3, -0.25) is 10.4 Å². The van der Waals surface area contributed by atoms with E-state index in [-0.39, 0.29) is 5.41 Å². The summed E-state index contributed by atoms with van der Waals surface area (Å²) in [4.78, 5) is 4.20. The fourth-order valence-corrected chi connectivity index (χ4v) is 2.57. The Bertz CT molecular complexity index is 499. The van der Waals surface area contributed by atoms with Gasteiger partial charge in [0.25, 0.3) is 0 Å². The Morgan fingerprint density at radius 3 is 2.45 bits per heavy atom. The maximum atomic E-state index is 5.92. The molecule has 0 aliphatic carbocycles. The van der Waals surface area contributed by atoms with Gasteiger partial charge >= 0.3 is 0 Å². The van der Waals surface area contributed by atoms with Crippen LogP contribution in [-0.4, -0.2) is 17.4 Å². The smallest absolute Gasteiger partial charge is 0.139 e. The highest BCUT2D eigenvalue weighted by molar-refractivity contribution is 6.30. The predicted octanol–water partition coefficient (Wildman–Crippen LogP) is 4.01. The monoisotopic (exact) mass is 291 g/mol. The van der Waals surface area contributed by atoms with Crippen molar-refractivity contribution < 1.29 is 0 Å². The maximum Gasteiger partial charge on any atom is 0.139 e. The quantitative estimate of drug-likeness (QED) is 0.908. The number of aliphatic imine (C=N–C) groups is 1. The van der Waals surface area contributed by atoms with Crippen molar-refractivity contribution in [2.75, 3.05) is 0 Å². The summed E-state index contributed by atoms with van der Waals surface area (Å²) in [5.74, 6) is 0.700. The lowest BCUT2D eigenvalue weighted by atomic mass is 9.83. The van der Waals surface area contributed by atoms with Gasteiger partial charge in [-0.05, 0) is 36.0 Å². The summed E-state index contributed by atoms with van der Waals surface area (Å²) < 4.78 is 0. The van der Waals surface area contributed by atoms with Crippen LogP contribution >= 0.6 is 11.6 Å². The SMILES string of the molecule is C=C1N=CN(C(CCc2ccc(Cl)cc2)C(C)(C)C)N1. The van der Waals surface area contributed by atoms with Crippen LogP contribution in [0.5, 0.6) is 0 Å². The van der Waals surface area contributed by atoms with Crippen molar-refractivity contribution in [3.8, 4) is 0 Å². The van der Waals surface area contributed by atoms with Crippen molar-refractivity contribution in [2.45, 2.75) is 39.7 Å². The molecule has 3 nitrogen and oxygen atoms in total.